The topological polar surface area (TPSA) is 87.9 Å². The van der Waals surface area contributed by atoms with E-state index in [0.717, 1.165) is 60.6 Å². The minimum absolute atomic E-state index is 0.0815. The van der Waals surface area contributed by atoms with Crippen LogP contribution in [0.15, 0.2) is 30.3 Å². The maximum atomic E-state index is 13.0. The number of nitrogens with zero attached hydrogens (tertiary/aromatic N) is 4. The largest absolute Gasteiger partial charge is 0.467 e. The maximum Gasteiger partial charge on any atom is 0.410 e. The van der Waals surface area contributed by atoms with Gasteiger partial charge in [-0.15, -0.1) is 10.2 Å². The predicted octanol–water partition coefficient (Wildman–Crippen LogP) is 6.82. The van der Waals surface area contributed by atoms with Crippen molar-refractivity contribution in [1.82, 2.24) is 19.7 Å². The minimum atomic E-state index is -1.23. The van der Waals surface area contributed by atoms with Crippen LogP contribution < -0.4 is 4.74 Å². The van der Waals surface area contributed by atoms with E-state index in [1.807, 2.05) is 49.9 Å². The summed E-state index contributed by atoms with van der Waals surface area (Å²) in [6.45, 7) is 14.8. The van der Waals surface area contributed by atoms with E-state index in [1.54, 1.807) is 7.11 Å². The first-order chi connectivity index (χ1) is 19.9. The van der Waals surface area contributed by atoms with Crippen LogP contribution in [0.25, 0.3) is 22.3 Å². The molecule has 0 radical (unpaired) electrons. The van der Waals surface area contributed by atoms with Gasteiger partial charge in [-0.25, -0.2) is 4.79 Å². The van der Waals surface area contributed by atoms with E-state index in [9.17, 15) is 4.79 Å². The summed E-state index contributed by atoms with van der Waals surface area (Å²) in [4.78, 5) is 14.8. The van der Waals surface area contributed by atoms with Gasteiger partial charge in [0, 0.05) is 57.4 Å². The number of amides is 1. The molecule has 0 spiro atoms. The molecule has 1 aliphatic carbocycles. The highest BCUT2D eigenvalue weighted by atomic mass is 28.3. The summed E-state index contributed by atoms with van der Waals surface area (Å²) < 4.78 is 25.2. The Morgan fingerprint density at radius 3 is 2.50 bits per heavy atom. The van der Waals surface area contributed by atoms with Gasteiger partial charge in [0.25, 0.3) is 0 Å². The van der Waals surface area contributed by atoms with Crippen molar-refractivity contribution in [1.29, 1.82) is 0 Å². The number of rotatable bonds is 12. The molecule has 3 aromatic rings. The molecule has 228 valence electrons. The minimum Gasteiger partial charge on any atom is -0.467 e. The molecule has 9 nitrogen and oxygen atoms in total. The van der Waals surface area contributed by atoms with Gasteiger partial charge in [-0.3, -0.25) is 0 Å². The van der Waals surface area contributed by atoms with E-state index in [-0.39, 0.29) is 18.9 Å². The third-order valence-corrected chi connectivity index (χ3v) is 9.56. The Labute approximate surface area is 250 Å². The molecule has 1 saturated heterocycles. The molecule has 2 aromatic heterocycles. The van der Waals surface area contributed by atoms with Crippen LogP contribution in [0.4, 0.5) is 4.79 Å². The molecule has 2 fully saturated rings. The van der Waals surface area contributed by atoms with E-state index >= 15 is 0 Å². The number of aromatic nitrogens is 3. The van der Waals surface area contributed by atoms with E-state index in [0.29, 0.717) is 24.9 Å². The van der Waals surface area contributed by atoms with E-state index < -0.39 is 13.7 Å². The molecule has 1 aromatic carbocycles. The van der Waals surface area contributed by atoms with Gasteiger partial charge in [0.15, 0.2) is 12.4 Å². The van der Waals surface area contributed by atoms with Crippen LogP contribution in [0, 0.1) is 0 Å². The van der Waals surface area contributed by atoms with Crippen LogP contribution in [0.1, 0.15) is 57.2 Å². The summed E-state index contributed by atoms with van der Waals surface area (Å²) in [6, 6.07) is 11.2. The monoisotopic (exact) mass is 594 g/mol. The smallest absolute Gasteiger partial charge is 0.410 e. The zero-order chi connectivity index (χ0) is 30.1. The first-order valence-corrected chi connectivity index (χ1v) is 18.8. The molecular weight excluding hydrogens is 548 g/mol. The average molecular weight is 595 g/mol. The van der Waals surface area contributed by atoms with Crippen molar-refractivity contribution >= 4 is 25.2 Å². The van der Waals surface area contributed by atoms with Crippen LogP contribution >= 0.6 is 0 Å². The fourth-order valence-electron chi connectivity index (χ4n) is 5.43. The zero-order valence-corrected chi connectivity index (χ0v) is 27.2. The lowest BCUT2D eigenvalue weighted by atomic mass is 9.95. The Morgan fingerprint density at radius 1 is 1.10 bits per heavy atom. The first kappa shape index (κ1) is 30.5. The Balaban J connectivity index is 1.52. The van der Waals surface area contributed by atoms with Gasteiger partial charge in [-0.2, -0.15) is 0 Å². The lowest BCUT2D eigenvalue weighted by molar-refractivity contribution is -0.00559. The van der Waals surface area contributed by atoms with Crippen molar-refractivity contribution in [2.45, 2.75) is 96.4 Å². The fraction of sp³-hybridized carbons (Fsp3) is 0.594. The Morgan fingerprint density at radius 2 is 1.86 bits per heavy atom. The molecule has 0 bridgehead atoms. The third kappa shape index (κ3) is 7.15. The summed E-state index contributed by atoms with van der Waals surface area (Å²) in [5, 5.41) is 10.6. The van der Waals surface area contributed by atoms with E-state index in [1.165, 1.54) is 11.3 Å². The van der Waals surface area contributed by atoms with Gasteiger partial charge < -0.3 is 28.4 Å². The standard InChI is InChI=1S/C32H46N4O5Si/c1-32(2,3)41-31(37)35-15-14-23(35)18-27-29(22-12-13-22)25-19-26(24-10-8-9-11-28(24)40-21-38-4)33-34-30(25)36(27)20-39-16-17-42(5,6)7/h8-11,19,22-23H,12-18,20-21H2,1-7H3. The normalized spacial score (nSPS) is 17.4. The van der Waals surface area contributed by atoms with Gasteiger partial charge in [0.2, 0.25) is 0 Å². The molecule has 2 aliphatic rings. The predicted molar refractivity (Wildman–Crippen MR) is 167 cm³/mol. The van der Waals surface area contributed by atoms with Crippen LogP contribution in [-0.2, 0) is 27.4 Å². The average Bonchev–Trinajstić information content (AvgIpc) is 3.68. The lowest BCUT2D eigenvalue weighted by Gasteiger charge is -2.41. The second-order valence-electron chi connectivity index (χ2n) is 13.7. The number of ether oxygens (including phenoxy) is 4. The van der Waals surface area contributed by atoms with Gasteiger partial charge in [-0.05, 0) is 75.8 Å². The van der Waals surface area contributed by atoms with Crippen molar-refractivity contribution < 1.29 is 23.7 Å². The highest BCUT2D eigenvalue weighted by molar-refractivity contribution is 6.76. The summed E-state index contributed by atoms with van der Waals surface area (Å²) in [5.74, 6) is 1.18. The van der Waals surface area contributed by atoms with Crippen molar-refractivity contribution in [3.05, 3.63) is 41.6 Å². The van der Waals surface area contributed by atoms with Crippen LogP contribution in [0.5, 0.6) is 5.75 Å². The van der Waals surface area contributed by atoms with E-state index in [2.05, 4.69) is 35.4 Å². The summed E-state index contributed by atoms with van der Waals surface area (Å²) in [5.41, 5.74) is 4.47. The summed E-state index contributed by atoms with van der Waals surface area (Å²) in [6.07, 6.45) is 3.74. The van der Waals surface area contributed by atoms with Crippen molar-refractivity contribution in [2.24, 2.45) is 0 Å². The molecular formula is C32H46N4O5Si. The highest BCUT2D eigenvalue weighted by Gasteiger charge is 2.39. The number of hydrogen-bond donors (Lipinski definition) is 0. The second kappa shape index (κ2) is 12.3. The maximum absolute atomic E-state index is 13.0. The number of para-hydroxylation sites is 1. The molecule has 5 rings (SSSR count). The summed E-state index contributed by atoms with van der Waals surface area (Å²) >= 11 is 0. The van der Waals surface area contributed by atoms with Gasteiger partial charge in [0.05, 0.1) is 5.69 Å². The number of fused-ring (bicyclic) bond motifs is 1. The Kier molecular flexibility index (Phi) is 8.96. The number of carbonyl (C=O) groups is 1. The number of likely N-dealkylation sites (tertiary alicyclic amines) is 1. The Bertz CT molecular complexity index is 1410. The van der Waals surface area contributed by atoms with Crippen molar-refractivity contribution in [2.75, 3.05) is 27.1 Å². The zero-order valence-electron chi connectivity index (χ0n) is 26.2. The third-order valence-electron chi connectivity index (χ3n) is 7.86. The molecule has 1 atom stereocenters. The molecule has 10 heteroatoms. The fourth-order valence-corrected chi connectivity index (χ4v) is 6.18. The molecule has 1 unspecified atom stereocenters. The highest BCUT2D eigenvalue weighted by Crippen LogP contribution is 2.47. The first-order valence-electron chi connectivity index (χ1n) is 15.1. The lowest BCUT2D eigenvalue weighted by Crippen LogP contribution is -2.53. The number of hydrogen-bond acceptors (Lipinski definition) is 7. The molecule has 1 amide bonds. The van der Waals surface area contributed by atoms with Crippen LogP contribution in [0.3, 0.4) is 0 Å². The molecule has 0 N–H and O–H groups in total. The molecule has 42 heavy (non-hydrogen) atoms. The van der Waals surface area contributed by atoms with Gasteiger partial charge in [0.1, 0.15) is 18.1 Å². The van der Waals surface area contributed by atoms with Crippen LogP contribution in [-0.4, -0.2) is 72.5 Å². The quantitative estimate of drug-likeness (QED) is 0.129. The number of carbonyl (C=O) groups excluding carboxylic acids is 1. The van der Waals surface area contributed by atoms with Gasteiger partial charge >= 0.3 is 6.09 Å². The van der Waals surface area contributed by atoms with Crippen LogP contribution in [0.2, 0.25) is 25.7 Å². The number of methoxy groups -OCH3 is 1. The SMILES string of the molecule is COCOc1ccccc1-c1cc2c(C3CC3)c(CC3CCN3C(=O)OC(C)(C)C)n(COCC[Si](C)(C)C)c2nn1. The van der Waals surface area contributed by atoms with Crippen molar-refractivity contribution in [3.63, 3.8) is 0 Å². The van der Waals surface area contributed by atoms with Gasteiger partial charge in [-0.1, -0.05) is 31.8 Å². The molecule has 1 saturated carbocycles. The van der Waals surface area contributed by atoms with E-state index in [4.69, 9.17) is 24.0 Å². The number of benzene rings is 1. The molecule has 3 heterocycles. The molecule has 1 aliphatic heterocycles. The van der Waals surface area contributed by atoms with Crippen molar-refractivity contribution in [3.8, 4) is 17.0 Å². The second-order valence-corrected chi connectivity index (χ2v) is 19.4. The summed E-state index contributed by atoms with van der Waals surface area (Å²) in [7, 11) is 0.379. The Hall–Kier alpha value is -2.95.